The standard InChI is InChI=1S/C31H25ClN4O2S2/c32-21-11-13-22(14-12-21)40-28-16-15-26(38-28)30-29(25-9-3-4-18-33-25)35-31(39)36(30)19-17-27(37)34-24-10-5-7-20-6-1-2-8-23(20)24/h1-16,18,29-30H,17,19H2,(H,34,37)(H,35,39). The molecule has 40 heavy (non-hydrogen) atoms. The number of aromatic nitrogens is 1. The SMILES string of the molecule is O=C(CCN1C(=S)NC(c2ccccn2)C1c1ccc(Sc2ccc(Cl)cc2)o1)Nc1cccc2ccccc12. The van der Waals surface area contributed by atoms with Gasteiger partial charge in [0.2, 0.25) is 5.91 Å². The van der Waals surface area contributed by atoms with Crippen LogP contribution in [0.3, 0.4) is 0 Å². The predicted octanol–water partition coefficient (Wildman–Crippen LogP) is 7.63. The van der Waals surface area contributed by atoms with Crippen molar-refractivity contribution in [1.29, 1.82) is 0 Å². The number of anilines is 1. The van der Waals surface area contributed by atoms with E-state index in [4.69, 9.17) is 28.2 Å². The highest BCUT2D eigenvalue weighted by Crippen LogP contribution is 2.41. The molecule has 2 N–H and O–H groups in total. The molecule has 200 valence electrons. The van der Waals surface area contributed by atoms with Crippen LogP contribution in [-0.4, -0.2) is 27.4 Å². The van der Waals surface area contributed by atoms with Crippen molar-refractivity contribution < 1.29 is 9.21 Å². The minimum atomic E-state index is -0.271. The monoisotopic (exact) mass is 584 g/mol. The Bertz CT molecular complexity index is 1650. The molecule has 1 aliphatic heterocycles. The van der Waals surface area contributed by atoms with Gasteiger partial charge < -0.3 is 20.0 Å². The third kappa shape index (κ3) is 5.70. The molecule has 6 rings (SSSR count). The van der Waals surface area contributed by atoms with Crippen molar-refractivity contribution in [2.75, 3.05) is 11.9 Å². The number of pyridine rings is 1. The summed E-state index contributed by atoms with van der Waals surface area (Å²) < 4.78 is 6.34. The number of benzene rings is 3. The van der Waals surface area contributed by atoms with Crippen molar-refractivity contribution in [3.8, 4) is 0 Å². The number of amides is 1. The van der Waals surface area contributed by atoms with Gasteiger partial charge in [0.25, 0.3) is 0 Å². The van der Waals surface area contributed by atoms with Gasteiger partial charge in [0.1, 0.15) is 11.8 Å². The topological polar surface area (TPSA) is 70.4 Å². The molecule has 0 aliphatic carbocycles. The second-order valence-corrected chi connectivity index (χ2v) is 11.3. The van der Waals surface area contributed by atoms with E-state index >= 15 is 0 Å². The van der Waals surface area contributed by atoms with Crippen LogP contribution in [0.25, 0.3) is 10.8 Å². The van der Waals surface area contributed by atoms with Crippen LogP contribution < -0.4 is 10.6 Å². The van der Waals surface area contributed by atoms with Crippen LogP contribution >= 0.6 is 35.6 Å². The minimum absolute atomic E-state index is 0.0855. The van der Waals surface area contributed by atoms with Gasteiger partial charge in [-0.25, -0.2) is 0 Å². The Morgan fingerprint density at radius 1 is 1.00 bits per heavy atom. The summed E-state index contributed by atoms with van der Waals surface area (Å²) >= 11 is 13.3. The molecular formula is C31H25ClN4O2S2. The zero-order chi connectivity index (χ0) is 27.5. The van der Waals surface area contributed by atoms with Crippen LogP contribution in [0.15, 0.2) is 118 Å². The summed E-state index contributed by atoms with van der Waals surface area (Å²) in [6, 6.07) is 30.8. The molecule has 3 heterocycles. The maximum atomic E-state index is 13.1. The van der Waals surface area contributed by atoms with E-state index < -0.39 is 0 Å². The molecule has 9 heteroatoms. The molecule has 1 aliphatic rings. The van der Waals surface area contributed by atoms with Crippen LogP contribution in [0.1, 0.15) is 30.0 Å². The summed E-state index contributed by atoms with van der Waals surface area (Å²) in [6.07, 6.45) is 2.02. The number of furan rings is 1. The molecule has 0 bridgehead atoms. The summed E-state index contributed by atoms with van der Waals surface area (Å²) in [5.41, 5.74) is 1.64. The Balaban J connectivity index is 1.22. The largest absolute Gasteiger partial charge is 0.452 e. The van der Waals surface area contributed by atoms with Gasteiger partial charge in [-0.1, -0.05) is 65.8 Å². The zero-order valence-electron chi connectivity index (χ0n) is 21.3. The molecule has 1 fully saturated rings. The van der Waals surface area contributed by atoms with Crippen molar-refractivity contribution in [1.82, 2.24) is 15.2 Å². The van der Waals surface area contributed by atoms with E-state index in [1.165, 1.54) is 11.8 Å². The van der Waals surface area contributed by atoms with Gasteiger partial charge >= 0.3 is 0 Å². The molecular weight excluding hydrogens is 560 g/mol. The van der Waals surface area contributed by atoms with Crippen LogP contribution in [0, 0.1) is 0 Å². The number of halogens is 1. The molecule has 2 atom stereocenters. The molecule has 3 aromatic carbocycles. The molecule has 0 spiro atoms. The normalized spacial score (nSPS) is 16.7. The second kappa shape index (κ2) is 11.7. The van der Waals surface area contributed by atoms with Crippen molar-refractivity contribution in [3.05, 3.63) is 120 Å². The Morgan fingerprint density at radius 3 is 2.62 bits per heavy atom. The fourth-order valence-electron chi connectivity index (χ4n) is 4.89. The Kier molecular flexibility index (Phi) is 7.73. The van der Waals surface area contributed by atoms with E-state index in [-0.39, 0.29) is 24.4 Å². The van der Waals surface area contributed by atoms with Crippen LogP contribution in [0.5, 0.6) is 0 Å². The van der Waals surface area contributed by atoms with Gasteiger partial charge in [0.05, 0.1) is 11.7 Å². The van der Waals surface area contributed by atoms with Gasteiger partial charge in [0, 0.05) is 40.2 Å². The third-order valence-electron chi connectivity index (χ3n) is 6.77. The molecule has 2 unspecified atom stereocenters. The van der Waals surface area contributed by atoms with E-state index in [0.717, 1.165) is 37.9 Å². The van der Waals surface area contributed by atoms with Gasteiger partial charge in [-0.3, -0.25) is 9.78 Å². The van der Waals surface area contributed by atoms with Crippen molar-refractivity contribution in [2.45, 2.75) is 28.5 Å². The third-order valence-corrected chi connectivity index (χ3v) is 8.30. The number of hydrogen-bond donors (Lipinski definition) is 2. The quantitative estimate of drug-likeness (QED) is 0.182. The average molecular weight is 585 g/mol. The lowest BCUT2D eigenvalue weighted by Crippen LogP contribution is -2.32. The summed E-state index contributed by atoms with van der Waals surface area (Å²) in [5, 5.41) is 10.6. The molecule has 6 nitrogen and oxygen atoms in total. The first kappa shape index (κ1) is 26.4. The highest BCUT2D eigenvalue weighted by molar-refractivity contribution is 7.99. The Morgan fingerprint density at radius 2 is 1.80 bits per heavy atom. The lowest BCUT2D eigenvalue weighted by Gasteiger charge is -2.25. The van der Waals surface area contributed by atoms with Crippen molar-refractivity contribution in [2.24, 2.45) is 0 Å². The highest BCUT2D eigenvalue weighted by atomic mass is 35.5. The first-order valence-electron chi connectivity index (χ1n) is 12.8. The highest BCUT2D eigenvalue weighted by Gasteiger charge is 2.41. The van der Waals surface area contributed by atoms with Crippen LogP contribution in [-0.2, 0) is 4.79 Å². The van der Waals surface area contributed by atoms with E-state index in [1.54, 1.807) is 6.20 Å². The van der Waals surface area contributed by atoms with Crippen molar-refractivity contribution >= 4 is 63.1 Å². The second-order valence-electron chi connectivity index (χ2n) is 9.36. The zero-order valence-corrected chi connectivity index (χ0v) is 23.7. The van der Waals surface area contributed by atoms with Gasteiger partial charge in [0.15, 0.2) is 10.2 Å². The number of carbonyl (C=O) groups excluding carboxylic acids is 1. The van der Waals surface area contributed by atoms with E-state index in [9.17, 15) is 4.79 Å². The van der Waals surface area contributed by atoms with Crippen molar-refractivity contribution in [3.63, 3.8) is 0 Å². The lowest BCUT2D eigenvalue weighted by molar-refractivity contribution is -0.116. The first-order chi connectivity index (χ1) is 19.5. The lowest BCUT2D eigenvalue weighted by atomic mass is 10.0. The number of thiocarbonyl (C=S) groups is 1. The molecule has 0 saturated carbocycles. The Hall–Kier alpha value is -3.85. The van der Waals surface area contributed by atoms with Gasteiger partial charge in [-0.05, 0) is 72.2 Å². The average Bonchev–Trinajstić information content (AvgIpc) is 3.57. The summed E-state index contributed by atoms with van der Waals surface area (Å²) in [6.45, 7) is 0.413. The summed E-state index contributed by atoms with van der Waals surface area (Å²) in [4.78, 5) is 20.7. The van der Waals surface area contributed by atoms with E-state index in [2.05, 4.69) is 15.6 Å². The smallest absolute Gasteiger partial charge is 0.226 e. The summed E-state index contributed by atoms with van der Waals surface area (Å²) in [7, 11) is 0. The van der Waals surface area contributed by atoms with Gasteiger partial charge in [-0.15, -0.1) is 0 Å². The molecule has 1 amide bonds. The molecule has 0 radical (unpaired) electrons. The first-order valence-corrected chi connectivity index (χ1v) is 14.4. The number of fused-ring (bicyclic) bond motifs is 1. The maximum Gasteiger partial charge on any atom is 0.226 e. The molecule has 5 aromatic rings. The number of hydrogen-bond acceptors (Lipinski definition) is 5. The Labute approximate surface area is 246 Å². The molecule has 2 aromatic heterocycles. The number of nitrogens with zero attached hydrogens (tertiary/aromatic N) is 2. The number of rotatable bonds is 8. The van der Waals surface area contributed by atoms with Gasteiger partial charge in [-0.2, -0.15) is 0 Å². The van der Waals surface area contributed by atoms with Crippen LogP contribution in [0.4, 0.5) is 5.69 Å². The number of nitrogens with one attached hydrogen (secondary N) is 2. The van der Waals surface area contributed by atoms with E-state index in [0.29, 0.717) is 16.7 Å². The fourth-order valence-corrected chi connectivity index (χ4v) is 6.13. The van der Waals surface area contributed by atoms with E-state index in [1.807, 2.05) is 102 Å². The van der Waals surface area contributed by atoms with Crippen LogP contribution in [0.2, 0.25) is 5.02 Å². The fraction of sp³-hybridized carbons (Fsp3) is 0.129. The number of carbonyl (C=O) groups is 1. The molecule has 1 saturated heterocycles. The summed E-state index contributed by atoms with van der Waals surface area (Å²) in [5.74, 6) is 0.659. The predicted molar refractivity (Wildman–Crippen MR) is 164 cm³/mol. The maximum absolute atomic E-state index is 13.1. The minimum Gasteiger partial charge on any atom is -0.452 e.